The number of rotatable bonds is 6. The highest BCUT2D eigenvalue weighted by Crippen LogP contribution is 2.15. The molecule has 0 aliphatic carbocycles. The molecular weight excluding hydrogens is 338 g/mol. The molecular formula is C18H23N3O5. The zero-order chi connectivity index (χ0) is 18.5. The van der Waals surface area contributed by atoms with E-state index in [2.05, 4.69) is 5.32 Å². The van der Waals surface area contributed by atoms with Gasteiger partial charge in [-0.05, 0) is 24.1 Å². The second kappa shape index (κ2) is 8.18. The Morgan fingerprint density at radius 3 is 2.58 bits per heavy atom. The molecule has 2 saturated heterocycles. The SMILES string of the molecule is COc1ccc(CCN2C(=O)NC(CC(=O)N3CCOCC3)C2=O)cc1. The lowest BCUT2D eigenvalue weighted by molar-refractivity contribution is -0.138. The lowest BCUT2D eigenvalue weighted by atomic mass is 10.1. The third kappa shape index (κ3) is 4.13. The van der Waals surface area contributed by atoms with Crippen molar-refractivity contribution in [2.75, 3.05) is 40.0 Å². The quantitative estimate of drug-likeness (QED) is 0.742. The second-order valence-corrected chi connectivity index (χ2v) is 6.29. The number of urea groups is 1. The van der Waals surface area contributed by atoms with Crippen molar-refractivity contribution < 1.29 is 23.9 Å². The predicted molar refractivity (Wildman–Crippen MR) is 92.7 cm³/mol. The largest absolute Gasteiger partial charge is 0.497 e. The third-order valence-corrected chi connectivity index (χ3v) is 4.63. The van der Waals surface area contributed by atoms with Gasteiger partial charge in [-0.3, -0.25) is 14.5 Å². The smallest absolute Gasteiger partial charge is 0.324 e. The molecule has 8 nitrogen and oxygen atoms in total. The average Bonchev–Trinajstić information content (AvgIpc) is 2.94. The first-order chi connectivity index (χ1) is 12.6. The van der Waals surface area contributed by atoms with Crippen molar-refractivity contribution in [2.24, 2.45) is 0 Å². The Balaban J connectivity index is 1.53. The van der Waals surface area contributed by atoms with Crippen LogP contribution in [-0.2, 0) is 20.7 Å². The minimum Gasteiger partial charge on any atom is -0.497 e. The maximum Gasteiger partial charge on any atom is 0.324 e. The normalized spacial score (nSPS) is 20.3. The fourth-order valence-electron chi connectivity index (χ4n) is 3.08. The van der Waals surface area contributed by atoms with Crippen molar-refractivity contribution in [2.45, 2.75) is 18.9 Å². The molecule has 2 aliphatic rings. The van der Waals surface area contributed by atoms with Crippen LogP contribution in [0.3, 0.4) is 0 Å². The summed E-state index contributed by atoms with van der Waals surface area (Å²) in [5.41, 5.74) is 0.999. The number of hydrogen-bond acceptors (Lipinski definition) is 5. The van der Waals surface area contributed by atoms with E-state index in [-0.39, 0.29) is 24.8 Å². The number of nitrogens with zero attached hydrogens (tertiary/aromatic N) is 2. The summed E-state index contributed by atoms with van der Waals surface area (Å²) in [7, 11) is 1.60. The van der Waals surface area contributed by atoms with Gasteiger partial charge in [0, 0.05) is 19.6 Å². The fraction of sp³-hybridized carbons (Fsp3) is 0.500. The van der Waals surface area contributed by atoms with Gasteiger partial charge in [0.15, 0.2) is 0 Å². The number of methoxy groups -OCH3 is 1. The number of ether oxygens (including phenoxy) is 2. The van der Waals surface area contributed by atoms with E-state index in [9.17, 15) is 14.4 Å². The Morgan fingerprint density at radius 1 is 1.23 bits per heavy atom. The monoisotopic (exact) mass is 361 g/mol. The highest BCUT2D eigenvalue weighted by Gasteiger charge is 2.39. The Labute approximate surface area is 152 Å². The Morgan fingerprint density at radius 2 is 1.92 bits per heavy atom. The second-order valence-electron chi connectivity index (χ2n) is 6.29. The molecule has 3 rings (SSSR count). The summed E-state index contributed by atoms with van der Waals surface area (Å²) < 4.78 is 10.3. The predicted octanol–water partition coefficient (Wildman–Crippen LogP) is 0.407. The minimum atomic E-state index is -0.784. The summed E-state index contributed by atoms with van der Waals surface area (Å²) >= 11 is 0. The molecule has 0 spiro atoms. The van der Waals surface area contributed by atoms with Gasteiger partial charge in [0.2, 0.25) is 5.91 Å². The van der Waals surface area contributed by atoms with E-state index in [1.165, 1.54) is 4.90 Å². The highest BCUT2D eigenvalue weighted by atomic mass is 16.5. The molecule has 0 bridgehead atoms. The lowest BCUT2D eigenvalue weighted by Gasteiger charge is -2.27. The molecule has 0 saturated carbocycles. The number of benzene rings is 1. The first-order valence-electron chi connectivity index (χ1n) is 8.69. The lowest BCUT2D eigenvalue weighted by Crippen LogP contribution is -2.44. The van der Waals surface area contributed by atoms with Crippen LogP contribution in [0.25, 0.3) is 0 Å². The van der Waals surface area contributed by atoms with Crippen molar-refractivity contribution in [3.05, 3.63) is 29.8 Å². The van der Waals surface area contributed by atoms with Gasteiger partial charge < -0.3 is 19.7 Å². The van der Waals surface area contributed by atoms with Crippen molar-refractivity contribution in [1.29, 1.82) is 0 Å². The molecule has 1 aromatic rings. The van der Waals surface area contributed by atoms with Gasteiger partial charge in [-0.1, -0.05) is 12.1 Å². The summed E-state index contributed by atoms with van der Waals surface area (Å²) in [6.45, 7) is 2.33. The van der Waals surface area contributed by atoms with Crippen LogP contribution < -0.4 is 10.1 Å². The number of imide groups is 1. The third-order valence-electron chi connectivity index (χ3n) is 4.63. The first-order valence-corrected chi connectivity index (χ1v) is 8.69. The highest BCUT2D eigenvalue weighted by molar-refractivity contribution is 6.05. The molecule has 8 heteroatoms. The zero-order valence-electron chi connectivity index (χ0n) is 14.8. The molecule has 140 valence electrons. The maximum atomic E-state index is 12.5. The van der Waals surface area contributed by atoms with Gasteiger partial charge in [-0.2, -0.15) is 0 Å². The van der Waals surface area contributed by atoms with Crippen LogP contribution in [0.5, 0.6) is 5.75 Å². The van der Waals surface area contributed by atoms with Crippen molar-refractivity contribution >= 4 is 17.8 Å². The number of morpholine rings is 1. The van der Waals surface area contributed by atoms with Crippen LogP contribution in [-0.4, -0.2) is 73.6 Å². The van der Waals surface area contributed by atoms with Crippen LogP contribution in [0.4, 0.5) is 4.79 Å². The molecule has 2 fully saturated rings. The van der Waals surface area contributed by atoms with Gasteiger partial charge >= 0.3 is 6.03 Å². The molecule has 0 radical (unpaired) electrons. The van der Waals surface area contributed by atoms with Crippen molar-refractivity contribution in [3.63, 3.8) is 0 Å². The molecule has 1 unspecified atom stereocenters. The standard InChI is InChI=1S/C18H23N3O5/c1-25-14-4-2-13(3-5-14)6-7-21-17(23)15(19-18(21)24)12-16(22)20-8-10-26-11-9-20/h2-5,15H,6-12H2,1H3,(H,19,24). The summed E-state index contributed by atoms with van der Waals surface area (Å²) in [5.74, 6) is 0.277. The molecule has 1 atom stereocenters. The van der Waals surface area contributed by atoms with E-state index in [1.807, 2.05) is 24.3 Å². The molecule has 0 aromatic heterocycles. The molecule has 26 heavy (non-hydrogen) atoms. The summed E-state index contributed by atoms with van der Waals surface area (Å²) in [5, 5.41) is 2.62. The number of hydrogen-bond donors (Lipinski definition) is 1. The van der Waals surface area contributed by atoms with E-state index in [4.69, 9.17) is 9.47 Å². The van der Waals surface area contributed by atoms with Gasteiger partial charge in [0.05, 0.1) is 26.7 Å². The van der Waals surface area contributed by atoms with E-state index < -0.39 is 12.1 Å². The zero-order valence-corrected chi connectivity index (χ0v) is 14.8. The van der Waals surface area contributed by atoms with Crippen LogP contribution >= 0.6 is 0 Å². The van der Waals surface area contributed by atoms with Crippen LogP contribution in [0.2, 0.25) is 0 Å². The molecule has 2 aliphatic heterocycles. The Bertz CT molecular complexity index is 670. The van der Waals surface area contributed by atoms with E-state index in [0.29, 0.717) is 32.7 Å². The minimum absolute atomic E-state index is 0.0103. The average molecular weight is 361 g/mol. The van der Waals surface area contributed by atoms with Gasteiger partial charge in [-0.15, -0.1) is 0 Å². The Hall–Kier alpha value is -2.61. The molecule has 4 amide bonds. The molecule has 1 N–H and O–H groups in total. The number of amides is 4. The molecule has 1 aromatic carbocycles. The summed E-state index contributed by atoms with van der Waals surface area (Å²) in [4.78, 5) is 39.7. The van der Waals surface area contributed by atoms with E-state index in [0.717, 1.165) is 11.3 Å². The fourth-order valence-corrected chi connectivity index (χ4v) is 3.08. The summed E-state index contributed by atoms with van der Waals surface area (Å²) in [6, 6.07) is 6.25. The summed E-state index contributed by atoms with van der Waals surface area (Å²) in [6.07, 6.45) is 0.539. The van der Waals surface area contributed by atoms with Crippen molar-refractivity contribution in [1.82, 2.24) is 15.1 Å². The number of carbonyl (C=O) groups excluding carboxylic acids is 3. The molecule has 2 heterocycles. The van der Waals surface area contributed by atoms with Crippen LogP contribution in [0, 0.1) is 0 Å². The van der Waals surface area contributed by atoms with Gasteiger partial charge in [-0.25, -0.2) is 4.79 Å². The maximum absolute atomic E-state index is 12.5. The van der Waals surface area contributed by atoms with Crippen LogP contribution in [0.15, 0.2) is 24.3 Å². The number of nitrogens with one attached hydrogen (secondary N) is 1. The topological polar surface area (TPSA) is 88.2 Å². The van der Waals surface area contributed by atoms with Gasteiger partial charge in [0.25, 0.3) is 5.91 Å². The first kappa shape index (κ1) is 18.2. The van der Waals surface area contributed by atoms with Crippen molar-refractivity contribution in [3.8, 4) is 5.75 Å². The number of carbonyl (C=O) groups is 3. The van der Waals surface area contributed by atoms with Gasteiger partial charge in [0.1, 0.15) is 11.8 Å². The van der Waals surface area contributed by atoms with Crippen LogP contribution in [0.1, 0.15) is 12.0 Å². The van der Waals surface area contributed by atoms with E-state index in [1.54, 1.807) is 12.0 Å². The van der Waals surface area contributed by atoms with E-state index >= 15 is 0 Å². The Kier molecular flexibility index (Phi) is 5.72.